The molecule has 2 N–H and O–H groups in total. The fourth-order valence-electron chi connectivity index (χ4n) is 1.07. The third kappa shape index (κ3) is 3.33. The van der Waals surface area contributed by atoms with Gasteiger partial charge in [0.2, 0.25) is 0 Å². The molecule has 0 amide bonds. The topological polar surface area (TPSA) is 126 Å². The van der Waals surface area contributed by atoms with Crippen LogP contribution in [0.2, 0.25) is 0 Å². The molecule has 0 aliphatic rings. The summed E-state index contributed by atoms with van der Waals surface area (Å²) in [6, 6.07) is 2.18. The smallest absolute Gasteiger partial charge is 0.294 e. The quantitative estimate of drug-likeness (QED) is 0.605. The Morgan fingerprint density at radius 1 is 0.941 bits per heavy atom. The van der Waals surface area contributed by atoms with Gasteiger partial charge in [-0.05, 0) is 25.1 Å². The van der Waals surface area contributed by atoms with E-state index in [1.165, 1.54) is 0 Å². The molecule has 0 aromatic heterocycles. The molecule has 1 aromatic carbocycles. The van der Waals surface area contributed by atoms with E-state index in [2.05, 4.69) is 0 Å². The Kier molecular flexibility index (Phi) is 3.39. The number of carbonyl (C=O) groups excluding carboxylic acids is 1. The summed E-state index contributed by atoms with van der Waals surface area (Å²) in [5, 5.41) is 0. The summed E-state index contributed by atoms with van der Waals surface area (Å²) in [6.07, 6.45) is 0. The normalized spacial score (nSPS) is 12.4. The van der Waals surface area contributed by atoms with Gasteiger partial charge in [0.25, 0.3) is 20.2 Å². The number of rotatable bonds is 3. The number of ketones is 1. The van der Waals surface area contributed by atoms with Gasteiger partial charge in [-0.2, -0.15) is 16.8 Å². The highest BCUT2D eigenvalue weighted by Gasteiger charge is 2.19. The summed E-state index contributed by atoms with van der Waals surface area (Å²) in [5.41, 5.74) is -0.257. The Bertz CT molecular complexity index is 620. The van der Waals surface area contributed by atoms with Crippen LogP contribution >= 0.6 is 0 Å². The van der Waals surface area contributed by atoms with Gasteiger partial charge in [-0.1, -0.05) is 0 Å². The first kappa shape index (κ1) is 13.8. The highest BCUT2D eigenvalue weighted by Crippen LogP contribution is 2.19. The van der Waals surface area contributed by atoms with E-state index in [-0.39, 0.29) is 5.56 Å². The van der Waals surface area contributed by atoms with Crippen LogP contribution in [0.4, 0.5) is 0 Å². The average molecular weight is 280 g/mol. The Balaban J connectivity index is 3.68. The molecule has 0 aliphatic carbocycles. The van der Waals surface area contributed by atoms with Crippen LogP contribution in [0.15, 0.2) is 28.0 Å². The largest absolute Gasteiger partial charge is 0.295 e. The van der Waals surface area contributed by atoms with Gasteiger partial charge in [0.1, 0.15) is 0 Å². The maximum absolute atomic E-state index is 11.1. The van der Waals surface area contributed by atoms with Crippen molar-refractivity contribution in [3.05, 3.63) is 23.8 Å². The van der Waals surface area contributed by atoms with Crippen molar-refractivity contribution in [1.29, 1.82) is 0 Å². The zero-order chi connectivity index (χ0) is 13.4. The Hall–Kier alpha value is -1.29. The summed E-state index contributed by atoms with van der Waals surface area (Å²) in [7, 11) is -9.34. The molecule has 0 saturated heterocycles. The second-order valence-electron chi connectivity index (χ2n) is 3.20. The molecule has 17 heavy (non-hydrogen) atoms. The number of hydrogen-bond donors (Lipinski definition) is 2. The number of Topliss-reactive ketones (excluding diaryl/α,β-unsaturated/α-hetero) is 1. The first-order valence-electron chi connectivity index (χ1n) is 4.13. The highest BCUT2D eigenvalue weighted by molar-refractivity contribution is 7.86. The molecule has 0 unspecified atom stereocenters. The predicted molar refractivity (Wildman–Crippen MR) is 56.1 cm³/mol. The Labute approximate surface area is 97.6 Å². The van der Waals surface area contributed by atoms with Gasteiger partial charge in [0, 0.05) is 5.56 Å². The van der Waals surface area contributed by atoms with Crippen molar-refractivity contribution < 1.29 is 30.7 Å². The zero-order valence-corrected chi connectivity index (χ0v) is 10.1. The lowest BCUT2D eigenvalue weighted by Gasteiger charge is -2.04. The van der Waals surface area contributed by atoms with E-state index in [4.69, 9.17) is 9.11 Å². The van der Waals surface area contributed by atoms with Crippen LogP contribution in [-0.4, -0.2) is 31.7 Å². The molecule has 0 atom stereocenters. The first-order valence-corrected chi connectivity index (χ1v) is 7.01. The molecule has 1 aromatic rings. The monoisotopic (exact) mass is 280 g/mol. The minimum atomic E-state index is -4.67. The summed E-state index contributed by atoms with van der Waals surface area (Å²) in [6.45, 7) is 1.08. The molecule has 0 fully saturated rings. The molecular formula is C8H8O7S2. The third-order valence-electron chi connectivity index (χ3n) is 1.88. The Morgan fingerprint density at radius 3 is 1.53 bits per heavy atom. The highest BCUT2D eigenvalue weighted by atomic mass is 32.2. The van der Waals surface area contributed by atoms with E-state index in [0.29, 0.717) is 6.07 Å². The summed E-state index contributed by atoms with van der Waals surface area (Å²) >= 11 is 0. The zero-order valence-electron chi connectivity index (χ0n) is 8.48. The van der Waals surface area contributed by atoms with E-state index in [1.807, 2.05) is 0 Å². The first-order chi connectivity index (χ1) is 7.51. The van der Waals surface area contributed by atoms with Crippen LogP contribution in [0.5, 0.6) is 0 Å². The number of carbonyl (C=O) groups is 1. The lowest BCUT2D eigenvalue weighted by molar-refractivity contribution is 0.101. The van der Waals surface area contributed by atoms with E-state index >= 15 is 0 Å². The molecule has 7 nitrogen and oxygen atoms in total. The molecule has 0 bridgehead atoms. The molecule has 94 valence electrons. The second kappa shape index (κ2) is 4.18. The summed E-state index contributed by atoms with van der Waals surface area (Å²) in [4.78, 5) is 9.49. The van der Waals surface area contributed by atoms with Gasteiger partial charge in [-0.25, -0.2) is 0 Å². The van der Waals surface area contributed by atoms with Crippen molar-refractivity contribution in [3.8, 4) is 0 Å². The fourth-order valence-corrected chi connectivity index (χ4v) is 2.25. The van der Waals surface area contributed by atoms with Crippen molar-refractivity contribution >= 4 is 26.0 Å². The predicted octanol–water partition coefficient (Wildman–Crippen LogP) is 0.383. The van der Waals surface area contributed by atoms with Gasteiger partial charge in [-0.15, -0.1) is 0 Å². The minimum absolute atomic E-state index is 0.257. The van der Waals surface area contributed by atoms with E-state index in [0.717, 1.165) is 19.1 Å². The van der Waals surface area contributed by atoms with Gasteiger partial charge in [0.15, 0.2) is 5.78 Å². The van der Waals surface area contributed by atoms with E-state index in [9.17, 15) is 21.6 Å². The van der Waals surface area contributed by atoms with Gasteiger partial charge in [-0.3, -0.25) is 13.9 Å². The molecule has 1 rings (SSSR count). The van der Waals surface area contributed by atoms with Gasteiger partial charge >= 0.3 is 0 Å². The third-order valence-corrected chi connectivity index (χ3v) is 3.55. The van der Waals surface area contributed by atoms with Crippen LogP contribution in [0.25, 0.3) is 0 Å². The number of hydrogen-bond acceptors (Lipinski definition) is 5. The van der Waals surface area contributed by atoms with Crippen molar-refractivity contribution in [3.63, 3.8) is 0 Å². The molecular weight excluding hydrogens is 272 g/mol. The number of benzene rings is 1. The molecule has 0 aliphatic heterocycles. The van der Waals surface area contributed by atoms with Crippen molar-refractivity contribution in [2.45, 2.75) is 16.7 Å². The molecule has 0 saturated carbocycles. The lowest BCUT2D eigenvalue weighted by atomic mass is 10.1. The van der Waals surface area contributed by atoms with Crippen LogP contribution < -0.4 is 0 Å². The maximum Gasteiger partial charge on any atom is 0.294 e. The minimum Gasteiger partial charge on any atom is -0.295 e. The SMILES string of the molecule is CC(=O)c1cc(S(=O)(=O)O)cc(S(=O)(=O)O)c1. The molecule has 0 spiro atoms. The average Bonchev–Trinajstić information content (AvgIpc) is 2.14. The summed E-state index contributed by atoms with van der Waals surface area (Å²) in [5.74, 6) is -0.611. The molecule has 0 heterocycles. The molecule has 9 heteroatoms. The van der Waals surface area contributed by atoms with Crippen molar-refractivity contribution in [1.82, 2.24) is 0 Å². The lowest BCUT2D eigenvalue weighted by Crippen LogP contribution is -2.06. The van der Waals surface area contributed by atoms with Gasteiger partial charge < -0.3 is 0 Å². The fraction of sp³-hybridized carbons (Fsp3) is 0.125. The van der Waals surface area contributed by atoms with Crippen molar-refractivity contribution in [2.75, 3.05) is 0 Å². The Morgan fingerprint density at radius 2 is 1.29 bits per heavy atom. The van der Waals surface area contributed by atoms with Gasteiger partial charge in [0.05, 0.1) is 9.79 Å². The maximum atomic E-state index is 11.1. The van der Waals surface area contributed by atoms with Crippen molar-refractivity contribution in [2.24, 2.45) is 0 Å². The standard InChI is InChI=1S/C8H8O7S2/c1-5(9)6-2-7(16(10,11)12)4-8(3-6)17(13,14)15/h2-4H,1H3,(H,10,11,12)(H,13,14,15). The van der Waals surface area contributed by atoms with E-state index in [1.54, 1.807) is 0 Å². The van der Waals surface area contributed by atoms with E-state index < -0.39 is 35.8 Å². The van der Waals surface area contributed by atoms with Crippen LogP contribution in [0.1, 0.15) is 17.3 Å². The summed E-state index contributed by atoms with van der Waals surface area (Å²) < 4.78 is 61.0. The van der Waals surface area contributed by atoms with Crippen LogP contribution in [0.3, 0.4) is 0 Å². The van der Waals surface area contributed by atoms with Crippen LogP contribution in [0, 0.1) is 0 Å². The molecule has 0 radical (unpaired) electrons. The second-order valence-corrected chi connectivity index (χ2v) is 6.04. The van der Waals surface area contributed by atoms with Crippen LogP contribution in [-0.2, 0) is 20.2 Å².